The van der Waals surface area contributed by atoms with E-state index in [0.717, 1.165) is 5.69 Å². The molecule has 1 aliphatic heterocycles. The number of carbonyl (C=O) groups excluding carboxylic acids is 2. The number of para-hydroxylation sites is 1. The Morgan fingerprint density at radius 1 is 1.11 bits per heavy atom. The fraction of sp³-hybridized carbons (Fsp3) is 0.250. The lowest BCUT2D eigenvalue weighted by Gasteiger charge is -2.27. The molecule has 0 saturated heterocycles. The van der Waals surface area contributed by atoms with Crippen LogP contribution in [-0.2, 0) is 14.3 Å². The van der Waals surface area contributed by atoms with Crippen LogP contribution in [0.4, 0.5) is 5.69 Å². The van der Waals surface area contributed by atoms with Gasteiger partial charge >= 0.3 is 5.97 Å². The van der Waals surface area contributed by atoms with Crippen molar-refractivity contribution in [3.05, 3.63) is 65.2 Å². The zero-order valence-electron chi connectivity index (χ0n) is 15.0. The summed E-state index contributed by atoms with van der Waals surface area (Å²) in [5, 5.41) is 6.63. The number of anilines is 1. The fourth-order valence-electron chi connectivity index (χ4n) is 2.76. The number of ketones is 1. The Morgan fingerprint density at radius 2 is 1.78 bits per heavy atom. The highest BCUT2D eigenvalue weighted by atomic mass is 35.5. The van der Waals surface area contributed by atoms with Crippen molar-refractivity contribution in [2.75, 3.05) is 11.6 Å². The minimum atomic E-state index is -0.729. The van der Waals surface area contributed by atoms with E-state index >= 15 is 0 Å². The molecule has 0 spiro atoms. The smallest absolute Gasteiger partial charge is 0.303 e. The molecule has 0 saturated carbocycles. The van der Waals surface area contributed by atoms with Crippen LogP contribution >= 0.6 is 11.6 Å². The van der Waals surface area contributed by atoms with Gasteiger partial charge in [-0.25, -0.2) is 5.01 Å². The zero-order valence-corrected chi connectivity index (χ0v) is 15.7. The number of carbonyl (C=O) groups is 2. The Bertz CT molecular complexity index is 852. The van der Waals surface area contributed by atoms with E-state index in [1.165, 1.54) is 6.92 Å². The predicted molar refractivity (Wildman–Crippen MR) is 103 cm³/mol. The molecule has 0 amide bonds. The van der Waals surface area contributed by atoms with Crippen molar-refractivity contribution in [2.24, 2.45) is 5.10 Å². The summed E-state index contributed by atoms with van der Waals surface area (Å²) in [5.41, 5.74) is 1.86. The van der Waals surface area contributed by atoms with Crippen LogP contribution in [0.5, 0.6) is 0 Å². The molecule has 3 rings (SSSR count). The van der Waals surface area contributed by atoms with Crippen LogP contribution in [0.3, 0.4) is 0 Å². The van der Waals surface area contributed by atoms with Crippen molar-refractivity contribution in [2.45, 2.75) is 26.2 Å². The normalized spacial score (nSPS) is 18.9. The van der Waals surface area contributed by atoms with Gasteiger partial charge in [0.2, 0.25) is 0 Å². The van der Waals surface area contributed by atoms with Gasteiger partial charge in [0.15, 0.2) is 18.1 Å². The van der Waals surface area contributed by atoms with E-state index in [0.29, 0.717) is 16.3 Å². The van der Waals surface area contributed by atoms with Gasteiger partial charge in [0.1, 0.15) is 6.61 Å². The van der Waals surface area contributed by atoms with Gasteiger partial charge in [-0.2, -0.15) is 5.10 Å². The Kier molecular flexibility index (Phi) is 5.88. The molecule has 2 aromatic carbocycles. The zero-order chi connectivity index (χ0) is 19.4. The molecule has 0 aliphatic carbocycles. The summed E-state index contributed by atoms with van der Waals surface area (Å²) < 4.78 is 11.2. The molecule has 2 atom stereocenters. The molecular formula is C20H19ClN2O4. The number of Topliss-reactive ketones (excluding diaryl/α,β-unsaturated/α-hetero) is 1. The van der Waals surface area contributed by atoms with Crippen LogP contribution in [0.2, 0.25) is 5.02 Å². The minimum absolute atomic E-state index is 0.184. The predicted octanol–water partition coefficient (Wildman–Crippen LogP) is 3.69. The first-order chi connectivity index (χ1) is 13.0. The lowest BCUT2D eigenvalue weighted by molar-refractivity contribution is -0.148. The molecule has 0 radical (unpaired) electrons. The summed E-state index contributed by atoms with van der Waals surface area (Å²) in [6.45, 7) is 2.90. The van der Waals surface area contributed by atoms with Crippen molar-refractivity contribution in [3.63, 3.8) is 0 Å². The molecule has 27 heavy (non-hydrogen) atoms. The van der Waals surface area contributed by atoms with Crippen molar-refractivity contribution in [1.29, 1.82) is 0 Å². The molecule has 0 aromatic heterocycles. The molecule has 1 aliphatic rings. The van der Waals surface area contributed by atoms with E-state index in [2.05, 4.69) is 5.10 Å². The Labute approximate surface area is 162 Å². The number of hydrogen-bond donors (Lipinski definition) is 0. The third-order valence-electron chi connectivity index (χ3n) is 4.04. The van der Waals surface area contributed by atoms with Crippen molar-refractivity contribution in [3.8, 4) is 0 Å². The van der Waals surface area contributed by atoms with Crippen molar-refractivity contribution < 1.29 is 19.1 Å². The SMILES string of the molecule is CC(=O)OC1C(C)=NN(c2ccccc2)C1OCC(=O)c1ccc(Cl)cc1. The van der Waals surface area contributed by atoms with E-state index in [1.54, 1.807) is 36.2 Å². The molecule has 2 unspecified atom stereocenters. The summed E-state index contributed by atoms with van der Waals surface area (Å²) in [5.74, 6) is -0.645. The number of hydrazone groups is 1. The second kappa shape index (κ2) is 8.33. The second-order valence-corrected chi connectivity index (χ2v) is 6.52. The number of ether oxygens (including phenoxy) is 2. The Hall–Kier alpha value is -2.70. The largest absolute Gasteiger partial charge is 0.451 e. The first-order valence-electron chi connectivity index (χ1n) is 8.42. The number of nitrogens with zero attached hydrogens (tertiary/aromatic N) is 2. The van der Waals surface area contributed by atoms with Gasteiger partial charge in [-0.1, -0.05) is 29.8 Å². The Balaban J connectivity index is 1.78. The van der Waals surface area contributed by atoms with Crippen molar-refractivity contribution in [1.82, 2.24) is 0 Å². The van der Waals surface area contributed by atoms with Gasteiger partial charge in [0, 0.05) is 17.5 Å². The molecule has 140 valence electrons. The lowest BCUT2D eigenvalue weighted by atomic mass is 10.1. The summed E-state index contributed by atoms with van der Waals surface area (Å²) in [6.07, 6.45) is -1.42. The number of benzene rings is 2. The monoisotopic (exact) mass is 386 g/mol. The summed E-state index contributed by atoms with van der Waals surface area (Å²) in [4.78, 5) is 23.9. The molecule has 7 heteroatoms. The molecule has 2 aromatic rings. The molecule has 1 heterocycles. The van der Waals surface area contributed by atoms with E-state index in [-0.39, 0.29) is 12.4 Å². The van der Waals surface area contributed by atoms with Gasteiger partial charge in [0.05, 0.1) is 11.4 Å². The highest BCUT2D eigenvalue weighted by Crippen LogP contribution is 2.27. The van der Waals surface area contributed by atoms with Crippen LogP contribution < -0.4 is 5.01 Å². The average molecular weight is 387 g/mol. The first-order valence-corrected chi connectivity index (χ1v) is 8.80. The third kappa shape index (κ3) is 4.53. The first kappa shape index (κ1) is 19.1. The van der Waals surface area contributed by atoms with E-state index in [9.17, 15) is 9.59 Å². The number of halogens is 1. The van der Waals surface area contributed by atoms with Gasteiger partial charge in [-0.15, -0.1) is 0 Å². The number of esters is 1. The maximum Gasteiger partial charge on any atom is 0.303 e. The van der Waals surface area contributed by atoms with Crippen LogP contribution in [0, 0.1) is 0 Å². The van der Waals surface area contributed by atoms with Crippen LogP contribution in [-0.4, -0.2) is 36.4 Å². The quantitative estimate of drug-likeness (QED) is 0.559. The number of rotatable bonds is 6. The second-order valence-electron chi connectivity index (χ2n) is 6.08. The molecule has 6 nitrogen and oxygen atoms in total. The fourth-order valence-corrected chi connectivity index (χ4v) is 2.89. The highest BCUT2D eigenvalue weighted by Gasteiger charge is 2.39. The summed E-state index contributed by atoms with van der Waals surface area (Å²) >= 11 is 5.85. The lowest BCUT2D eigenvalue weighted by Crippen LogP contribution is -2.42. The molecule has 0 bridgehead atoms. The van der Waals surface area contributed by atoms with Crippen molar-refractivity contribution >= 4 is 34.8 Å². The van der Waals surface area contributed by atoms with Crippen LogP contribution in [0.1, 0.15) is 24.2 Å². The standard InChI is InChI=1S/C20H19ClN2O4/c1-13-19(27-14(2)24)20(23(22-13)17-6-4-3-5-7-17)26-12-18(25)15-8-10-16(21)11-9-15/h3-11,19-20H,12H2,1-2H3. The van der Waals surface area contributed by atoms with Crippen LogP contribution in [0.25, 0.3) is 0 Å². The van der Waals surface area contributed by atoms with E-state index in [4.69, 9.17) is 21.1 Å². The summed E-state index contributed by atoms with van der Waals surface area (Å²) in [7, 11) is 0. The maximum atomic E-state index is 12.4. The molecule has 0 fully saturated rings. The summed E-state index contributed by atoms with van der Waals surface area (Å²) in [6, 6.07) is 15.9. The minimum Gasteiger partial charge on any atom is -0.451 e. The number of hydrogen-bond acceptors (Lipinski definition) is 6. The van der Waals surface area contributed by atoms with E-state index in [1.807, 2.05) is 30.3 Å². The van der Waals surface area contributed by atoms with Gasteiger partial charge < -0.3 is 9.47 Å². The van der Waals surface area contributed by atoms with E-state index < -0.39 is 18.3 Å². The van der Waals surface area contributed by atoms with Crippen LogP contribution in [0.15, 0.2) is 59.7 Å². The van der Waals surface area contributed by atoms with Gasteiger partial charge in [-0.3, -0.25) is 9.59 Å². The molecular weight excluding hydrogens is 368 g/mol. The third-order valence-corrected chi connectivity index (χ3v) is 4.29. The average Bonchev–Trinajstić information content (AvgIpc) is 2.96. The van der Waals surface area contributed by atoms with Gasteiger partial charge in [0.25, 0.3) is 0 Å². The highest BCUT2D eigenvalue weighted by molar-refractivity contribution is 6.30. The Morgan fingerprint density at radius 3 is 2.41 bits per heavy atom. The topological polar surface area (TPSA) is 68.2 Å². The van der Waals surface area contributed by atoms with Gasteiger partial charge in [-0.05, 0) is 43.3 Å². The maximum absolute atomic E-state index is 12.4. The molecule has 0 N–H and O–H groups in total.